The molecular formula is C27H28Cl2FN9O. The lowest BCUT2D eigenvalue weighted by atomic mass is 10.0. The number of aryl methyl sites for hydroxylation is 1. The first-order valence-corrected chi connectivity index (χ1v) is 13.5. The summed E-state index contributed by atoms with van der Waals surface area (Å²) in [6.45, 7) is 0.813. The largest absolute Gasteiger partial charge is 0.388 e. The van der Waals surface area contributed by atoms with Crippen molar-refractivity contribution in [2.45, 2.75) is 31.7 Å². The van der Waals surface area contributed by atoms with E-state index in [2.05, 4.69) is 20.4 Å². The van der Waals surface area contributed by atoms with Crippen molar-refractivity contribution in [3.63, 3.8) is 0 Å². The fourth-order valence-corrected chi connectivity index (χ4v) is 5.22. The van der Waals surface area contributed by atoms with E-state index in [4.69, 9.17) is 34.8 Å². The lowest BCUT2D eigenvalue weighted by Gasteiger charge is -2.22. The lowest BCUT2D eigenvalue weighted by Crippen LogP contribution is -2.28. The van der Waals surface area contributed by atoms with Crippen molar-refractivity contribution in [3.05, 3.63) is 87.3 Å². The number of aromatic nitrogens is 5. The summed E-state index contributed by atoms with van der Waals surface area (Å²) in [6.07, 6.45) is 9.62. The van der Waals surface area contributed by atoms with Crippen LogP contribution in [0.3, 0.4) is 0 Å². The Hall–Kier alpha value is -3.93. The van der Waals surface area contributed by atoms with Gasteiger partial charge >= 0.3 is 0 Å². The molecule has 1 atom stereocenters. The quantitative estimate of drug-likeness (QED) is 0.178. The molecule has 0 amide bonds. The molecule has 0 radical (unpaired) electrons. The molecule has 2 bridgehead atoms. The van der Waals surface area contributed by atoms with Crippen molar-refractivity contribution < 1.29 is 4.39 Å². The average molecular weight is 584 g/mol. The highest BCUT2D eigenvalue weighted by molar-refractivity contribution is 6.31. The van der Waals surface area contributed by atoms with Crippen LogP contribution in [0.25, 0.3) is 22.5 Å². The minimum Gasteiger partial charge on any atom is -0.388 e. The summed E-state index contributed by atoms with van der Waals surface area (Å²) in [7, 11) is 1.89. The molecular weight excluding hydrogens is 556 g/mol. The maximum atomic E-state index is 15.3. The summed E-state index contributed by atoms with van der Waals surface area (Å²) in [4.78, 5) is 22.7. The van der Waals surface area contributed by atoms with Crippen LogP contribution in [0.4, 0.5) is 15.8 Å². The Morgan fingerprint density at radius 2 is 2.05 bits per heavy atom. The number of fused-ring (bicyclic) bond motifs is 4. The summed E-state index contributed by atoms with van der Waals surface area (Å²) in [5, 5.41) is 8.69. The molecule has 5 rings (SSSR count). The Labute approximate surface area is 240 Å². The first-order chi connectivity index (χ1) is 19.2. The second-order valence-electron chi connectivity index (χ2n) is 9.49. The minimum absolute atomic E-state index is 0.0523. The predicted molar refractivity (Wildman–Crippen MR) is 155 cm³/mol. The number of halogens is 3. The van der Waals surface area contributed by atoms with Gasteiger partial charge in [-0.25, -0.2) is 15.2 Å². The highest BCUT2D eigenvalue weighted by atomic mass is 35.5. The van der Waals surface area contributed by atoms with Crippen LogP contribution in [0.2, 0.25) is 5.02 Å². The number of pyridine rings is 1. The Morgan fingerprint density at radius 1 is 1.23 bits per heavy atom. The van der Waals surface area contributed by atoms with E-state index in [1.807, 2.05) is 30.1 Å². The molecule has 40 heavy (non-hydrogen) atoms. The van der Waals surface area contributed by atoms with E-state index >= 15 is 4.39 Å². The molecule has 0 saturated heterocycles. The Kier molecular flexibility index (Phi) is 8.06. The number of benzene rings is 1. The van der Waals surface area contributed by atoms with E-state index in [0.29, 0.717) is 12.1 Å². The van der Waals surface area contributed by atoms with Gasteiger partial charge in [-0.3, -0.25) is 24.0 Å². The van der Waals surface area contributed by atoms with Gasteiger partial charge in [0.1, 0.15) is 5.16 Å². The monoisotopic (exact) mass is 583 g/mol. The van der Waals surface area contributed by atoms with Gasteiger partial charge in [-0.1, -0.05) is 36.0 Å². The summed E-state index contributed by atoms with van der Waals surface area (Å²) in [6, 6.07) is 7.62. The molecule has 0 saturated carbocycles. The van der Waals surface area contributed by atoms with Crippen LogP contribution >= 0.6 is 23.2 Å². The molecule has 0 fully saturated rings. The van der Waals surface area contributed by atoms with Crippen LogP contribution in [0.15, 0.2) is 65.2 Å². The first-order valence-electron chi connectivity index (χ1n) is 12.7. The molecule has 4 heterocycles. The predicted octanol–water partition coefficient (Wildman–Crippen LogP) is 4.75. The molecule has 10 nitrogen and oxygen atoms in total. The second kappa shape index (κ2) is 11.7. The SMILES string of the molecule is Cn1ncc2c1-c1ccnc(c1)[C@@H](n1cnc(-c3c(N(N)/C=C(\N)Cl)ccc(Cl)c3F)cc1=O)CCCCCN2. The van der Waals surface area contributed by atoms with Crippen LogP contribution in [-0.4, -0.2) is 30.9 Å². The Balaban J connectivity index is 1.59. The fourth-order valence-electron chi connectivity index (χ4n) is 4.96. The summed E-state index contributed by atoms with van der Waals surface area (Å²) in [5.41, 5.74) is 8.87. The number of rotatable bonds is 4. The van der Waals surface area contributed by atoms with Gasteiger partial charge in [-0.05, 0) is 37.1 Å². The van der Waals surface area contributed by atoms with Gasteiger partial charge in [0.2, 0.25) is 0 Å². The normalized spacial score (nSPS) is 15.9. The molecule has 13 heteroatoms. The van der Waals surface area contributed by atoms with E-state index in [9.17, 15) is 4.79 Å². The van der Waals surface area contributed by atoms with Gasteiger partial charge in [0.05, 0.1) is 63.8 Å². The summed E-state index contributed by atoms with van der Waals surface area (Å²) < 4.78 is 18.6. The zero-order chi connectivity index (χ0) is 28.4. The zero-order valence-corrected chi connectivity index (χ0v) is 23.2. The van der Waals surface area contributed by atoms with Gasteiger partial charge in [-0.15, -0.1) is 0 Å². The van der Waals surface area contributed by atoms with Crippen LogP contribution in [0, 0.1) is 5.82 Å². The van der Waals surface area contributed by atoms with Crippen molar-refractivity contribution in [2.75, 3.05) is 16.9 Å². The van der Waals surface area contributed by atoms with Crippen LogP contribution in [0.5, 0.6) is 0 Å². The Bertz CT molecular complexity index is 1630. The van der Waals surface area contributed by atoms with Gasteiger partial charge in [0.25, 0.3) is 5.56 Å². The number of nitrogens with zero attached hydrogens (tertiary/aromatic N) is 6. The number of hydrazine groups is 1. The molecule has 3 aromatic heterocycles. The zero-order valence-electron chi connectivity index (χ0n) is 21.7. The standard InChI is InChI=1S/C27H28Cl2FN9O/c1-37-27-16-8-10-34-18(11-16)21(5-3-2-4-9-33-20(27)13-36-37)38-15-35-19(12-24(38)40)25-22(39(32)14-23(29)31)7-6-17(28)26(25)30/h6-8,10-15,21,33H,2-5,9,31-32H2,1H3/b23-14-/t21-/m0/s1. The molecule has 1 aliphatic heterocycles. The van der Waals surface area contributed by atoms with Crippen molar-refractivity contribution >= 4 is 34.6 Å². The van der Waals surface area contributed by atoms with Gasteiger partial charge in [0.15, 0.2) is 5.82 Å². The topological polar surface area (TPSA) is 133 Å². The second-order valence-corrected chi connectivity index (χ2v) is 10.3. The highest BCUT2D eigenvalue weighted by Crippen LogP contribution is 2.36. The van der Waals surface area contributed by atoms with E-state index in [1.54, 1.807) is 6.20 Å². The van der Waals surface area contributed by atoms with E-state index in [1.165, 1.54) is 35.3 Å². The van der Waals surface area contributed by atoms with E-state index < -0.39 is 5.82 Å². The molecule has 4 aromatic rings. The van der Waals surface area contributed by atoms with Gasteiger partial charge in [-0.2, -0.15) is 5.10 Å². The maximum absolute atomic E-state index is 15.3. The van der Waals surface area contributed by atoms with E-state index in [-0.39, 0.29) is 38.7 Å². The molecule has 5 N–H and O–H groups in total. The lowest BCUT2D eigenvalue weighted by molar-refractivity contribution is 0.477. The number of nitrogens with one attached hydrogen (secondary N) is 1. The third-order valence-corrected chi connectivity index (χ3v) is 7.24. The molecule has 0 unspecified atom stereocenters. The number of anilines is 2. The van der Waals surface area contributed by atoms with Crippen molar-refractivity contribution in [1.82, 2.24) is 24.3 Å². The first kappa shape index (κ1) is 27.6. The average Bonchev–Trinajstić information content (AvgIpc) is 3.29. The Morgan fingerprint density at radius 3 is 2.83 bits per heavy atom. The van der Waals surface area contributed by atoms with Crippen LogP contribution in [-0.2, 0) is 7.05 Å². The molecule has 1 aromatic carbocycles. The molecule has 0 aliphatic carbocycles. The van der Waals surface area contributed by atoms with E-state index in [0.717, 1.165) is 47.8 Å². The fraction of sp³-hybridized carbons (Fsp3) is 0.259. The third kappa shape index (κ3) is 5.53. The maximum Gasteiger partial charge on any atom is 0.254 e. The van der Waals surface area contributed by atoms with Gasteiger partial charge < -0.3 is 11.1 Å². The highest BCUT2D eigenvalue weighted by Gasteiger charge is 2.23. The number of hydrogen-bond acceptors (Lipinski definition) is 8. The number of hydrogen-bond donors (Lipinski definition) is 3. The molecule has 1 aliphatic rings. The minimum atomic E-state index is -0.776. The van der Waals surface area contributed by atoms with Crippen molar-refractivity contribution in [2.24, 2.45) is 18.6 Å². The van der Waals surface area contributed by atoms with Crippen LogP contribution < -0.4 is 27.5 Å². The number of nitrogens with two attached hydrogens (primary N) is 2. The molecule has 0 spiro atoms. The molecule has 208 valence electrons. The summed E-state index contributed by atoms with van der Waals surface area (Å²) in [5.74, 6) is 5.27. The van der Waals surface area contributed by atoms with Crippen LogP contribution in [0.1, 0.15) is 37.4 Å². The van der Waals surface area contributed by atoms with Crippen molar-refractivity contribution in [1.29, 1.82) is 0 Å². The summed E-state index contributed by atoms with van der Waals surface area (Å²) >= 11 is 11.8. The third-order valence-electron chi connectivity index (χ3n) is 6.85. The van der Waals surface area contributed by atoms with Crippen molar-refractivity contribution in [3.8, 4) is 22.5 Å². The smallest absolute Gasteiger partial charge is 0.254 e. The van der Waals surface area contributed by atoms with Gasteiger partial charge in [0, 0.05) is 31.4 Å².